The van der Waals surface area contributed by atoms with Gasteiger partial charge in [-0.05, 0) is 24.5 Å². The minimum Gasteiger partial charge on any atom is -0.391 e. The van der Waals surface area contributed by atoms with Gasteiger partial charge in [-0.15, -0.1) is 0 Å². The highest BCUT2D eigenvalue weighted by Crippen LogP contribution is 2.18. The highest BCUT2D eigenvalue weighted by molar-refractivity contribution is 5.78. The summed E-state index contributed by atoms with van der Waals surface area (Å²) >= 11 is 0. The molecule has 0 aromatic carbocycles. The van der Waals surface area contributed by atoms with Crippen molar-refractivity contribution in [3.63, 3.8) is 0 Å². The van der Waals surface area contributed by atoms with E-state index in [1.807, 2.05) is 12.1 Å². The smallest absolute Gasteiger partial charge is 0.224 e. The van der Waals surface area contributed by atoms with Crippen molar-refractivity contribution in [2.24, 2.45) is 0 Å². The summed E-state index contributed by atoms with van der Waals surface area (Å²) in [6.45, 7) is 0. The number of aliphatic hydroxyl groups is 1. The number of nitrogens with zero attached hydrogens (tertiary/aromatic N) is 1. The molecule has 1 fully saturated rings. The molecule has 1 amide bonds. The van der Waals surface area contributed by atoms with Crippen LogP contribution in [0.25, 0.3) is 0 Å². The maximum atomic E-state index is 11.8. The Balaban J connectivity index is 1.84. The first-order valence-electron chi connectivity index (χ1n) is 6.12. The number of hydrogen-bond donors (Lipinski definition) is 2. The lowest BCUT2D eigenvalue weighted by Gasteiger charge is -2.28. The van der Waals surface area contributed by atoms with E-state index in [4.69, 9.17) is 0 Å². The first-order valence-corrected chi connectivity index (χ1v) is 6.12. The molecule has 0 unspecified atom stereocenters. The number of aromatic nitrogens is 1. The van der Waals surface area contributed by atoms with Gasteiger partial charge in [0.05, 0.1) is 18.6 Å². The zero-order chi connectivity index (χ0) is 12.1. The summed E-state index contributed by atoms with van der Waals surface area (Å²) in [5.41, 5.74) is 0.898. The van der Waals surface area contributed by atoms with E-state index in [1.54, 1.807) is 12.4 Å². The number of amides is 1. The van der Waals surface area contributed by atoms with Gasteiger partial charge in [-0.1, -0.05) is 18.9 Å². The Hall–Kier alpha value is -1.42. The molecule has 92 valence electrons. The molecule has 1 aliphatic carbocycles. The molecule has 1 heterocycles. The predicted molar refractivity (Wildman–Crippen MR) is 64.3 cm³/mol. The number of hydrogen-bond acceptors (Lipinski definition) is 3. The summed E-state index contributed by atoms with van der Waals surface area (Å²) in [7, 11) is 0. The highest BCUT2D eigenvalue weighted by Gasteiger charge is 2.24. The molecule has 0 radical (unpaired) electrons. The van der Waals surface area contributed by atoms with Crippen molar-refractivity contribution in [3.8, 4) is 0 Å². The number of pyridine rings is 1. The molecule has 1 saturated carbocycles. The molecule has 0 bridgehead atoms. The van der Waals surface area contributed by atoms with E-state index >= 15 is 0 Å². The lowest BCUT2D eigenvalue weighted by Crippen LogP contribution is -2.45. The van der Waals surface area contributed by atoms with Crippen LogP contribution in [-0.4, -0.2) is 28.1 Å². The first kappa shape index (κ1) is 12.0. The SMILES string of the molecule is O=C(Cc1cccnc1)N[C@H]1CCCC[C@@H]1O. The Morgan fingerprint density at radius 2 is 2.29 bits per heavy atom. The van der Waals surface area contributed by atoms with Crippen LogP contribution in [0.15, 0.2) is 24.5 Å². The number of aliphatic hydroxyl groups excluding tert-OH is 1. The molecule has 0 aliphatic heterocycles. The van der Waals surface area contributed by atoms with Crippen molar-refractivity contribution in [2.45, 2.75) is 44.2 Å². The number of carbonyl (C=O) groups is 1. The number of rotatable bonds is 3. The van der Waals surface area contributed by atoms with Crippen LogP contribution in [-0.2, 0) is 11.2 Å². The van der Waals surface area contributed by atoms with E-state index in [9.17, 15) is 9.90 Å². The summed E-state index contributed by atoms with van der Waals surface area (Å²) in [6.07, 6.45) is 7.12. The molecule has 2 rings (SSSR count). The van der Waals surface area contributed by atoms with Crippen LogP contribution in [0, 0.1) is 0 Å². The van der Waals surface area contributed by atoms with Gasteiger partial charge in [0.2, 0.25) is 5.91 Å². The van der Waals surface area contributed by atoms with E-state index in [2.05, 4.69) is 10.3 Å². The topological polar surface area (TPSA) is 62.2 Å². The Bertz CT molecular complexity index is 367. The van der Waals surface area contributed by atoms with Crippen molar-refractivity contribution in [1.29, 1.82) is 0 Å². The van der Waals surface area contributed by atoms with Gasteiger partial charge in [-0.3, -0.25) is 9.78 Å². The standard InChI is InChI=1S/C13H18N2O2/c16-12-6-2-1-5-11(12)15-13(17)8-10-4-3-7-14-9-10/h3-4,7,9,11-12,16H,1-2,5-6,8H2,(H,15,17)/t11-,12-/m0/s1. The minimum atomic E-state index is -0.387. The molecular formula is C13H18N2O2. The molecule has 0 saturated heterocycles. The molecular weight excluding hydrogens is 216 g/mol. The van der Waals surface area contributed by atoms with Crippen molar-refractivity contribution in [3.05, 3.63) is 30.1 Å². The summed E-state index contributed by atoms with van der Waals surface area (Å²) in [5, 5.41) is 12.7. The van der Waals surface area contributed by atoms with E-state index in [0.717, 1.165) is 31.2 Å². The average Bonchev–Trinajstić information content (AvgIpc) is 2.33. The Kier molecular flexibility index (Phi) is 4.09. The fraction of sp³-hybridized carbons (Fsp3) is 0.538. The summed E-state index contributed by atoms with van der Waals surface area (Å²) in [6, 6.07) is 3.62. The van der Waals surface area contributed by atoms with Crippen molar-refractivity contribution < 1.29 is 9.90 Å². The van der Waals surface area contributed by atoms with Crippen LogP contribution in [0.2, 0.25) is 0 Å². The maximum absolute atomic E-state index is 11.8. The zero-order valence-electron chi connectivity index (χ0n) is 9.80. The second kappa shape index (κ2) is 5.77. The summed E-state index contributed by atoms with van der Waals surface area (Å²) in [4.78, 5) is 15.7. The fourth-order valence-electron chi connectivity index (χ4n) is 2.23. The predicted octanol–water partition coefficient (Wildman–Crippen LogP) is 1.04. The quantitative estimate of drug-likeness (QED) is 0.821. The summed E-state index contributed by atoms with van der Waals surface area (Å²) < 4.78 is 0. The second-order valence-electron chi connectivity index (χ2n) is 4.56. The number of carbonyl (C=O) groups excluding carboxylic acids is 1. The van der Waals surface area contributed by atoms with Gasteiger partial charge < -0.3 is 10.4 Å². The summed E-state index contributed by atoms with van der Waals surface area (Å²) in [5.74, 6) is -0.0380. The normalized spacial score (nSPS) is 24.3. The lowest BCUT2D eigenvalue weighted by molar-refractivity contribution is -0.122. The Labute approximate surface area is 101 Å². The Morgan fingerprint density at radius 3 is 3.00 bits per heavy atom. The van der Waals surface area contributed by atoms with Gasteiger partial charge in [-0.2, -0.15) is 0 Å². The van der Waals surface area contributed by atoms with E-state index < -0.39 is 0 Å². The first-order chi connectivity index (χ1) is 8.25. The zero-order valence-corrected chi connectivity index (χ0v) is 9.80. The van der Waals surface area contributed by atoms with Crippen LogP contribution >= 0.6 is 0 Å². The molecule has 4 nitrogen and oxygen atoms in total. The van der Waals surface area contributed by atoms with Crippen molar-refractivity contribution >= 4 is 5.91 Å². The van der Waals surface area contributed by atoms with Crippen LogP contribution in [0.4, 0.5) is 0 Å². The Morgan fingerprint density at radius 1 is 1.47 bits per heavy atom. The molecule has 2 atom stereocenters. The van der Waals surface area contributed by atoms with E-state index in [-0.39, 0.29) is 18.1 Å². The van der Waals surface area contributed by atoms with Gasteiger partial charge >= 0.3 is 0 Å². The van der Waals surface area contributed by atoms with E-state index in [1.165, 1.54) is 0 Å². The van der Waals surface area contributed by atoms with Crippen LogP contribution < -0.4 is 5.32 Å². The minimum absolute atomic E-state index is 0.0380. The maximum Gasteiger partial charge on any atom is 0.224 e. The third-order valence-electron chi connectivity index (χ3n) is 3.16. The third kappa shape index (κ3) is 3.53. The number of nitrogens with one attached hydrogen (secondary N) is 1. The van der Waals surface area contributed by atoms with Crippen LogP contribution in [0.5, 0.6) is 0 Å². The average molecular weight is 234 g/mol. The molecule has 17 heavy (non-hydrogen) atoms. The largest absolute Gasteiger partial charge is 0.391 e. The molecule has 1 aromatic rings. The van der Waals surface area contributed by atoms with Gasteiger partial charge in [0.25, 0.3) is 0 Å². The monoisotopic (exact) mass is 234 g/mol. The molecule has 4 heteroatoms. The molecule has 1 aromatic heterocycles. The second-order valence-corrected chi connectivity index (χ2v) is 4.56. The van der Waals surface area contributed by atoms with E-state index in [0.29, 0.717) is 6.42 Å². The highest BCUT2D eigenvalue weighted by atomic mass is 16.3. The van der Waals surface area contributed by atoms with Gasteiger partial charge in [0.15, 0.2) is 0 Å². The lowest BCUT2D eigenvalue weighted by atomic mass is 9.92. The molecule has 0 spiro atoms. The van der Waals surface area contributed by atoms with Gasteiger partial charge in [0.1, 0.15) is 0 Å². The van der Waals surface area contributed by atoms with Crippen LogP contribution in [0.3, 0.4) is 0 Å². The van der Waals surface area contributed by atoms with Gasteiger partial charge in [-0.25, -0.2) is 0 Å². The fourth-order valence-corrected chi connectivity index (χ4v) is 2.23. The molecule has 1 aliphatic rings. The third-order valence-corrected chi connectivity index (χ3v) is 3.16. The molecule has 2 N–H and O–H groups in total. The van der Waals surface area contributed by atoms with Crippen molar-refractivity contribution in [2.75, 3.05) is 0 Å². The van der Waals surface area contributed by atoms with Gasteiger partial charge in [0, 0.05) is 12.4 Å². The van der Waals surface area contributed by atoms with Crippen LogP contribution in [0.1, 0.15) is 31.2 Å². The van der Waals surface area contributed by atoms with Crippen molar-refractivity contribution in [1.82, 2.24) is 10.3 Å².